The number of aromatic nitrogens is 1. The van der Waals surface area contributed by atoms with Crippen LogP contribution in [0, 0.1) is 0 Å². The Kier molecular flexibility index (Phi) is 3.65. The number of thiazole rings is 1. The molecule has 1 saturated heterocycles. The van der Waals surface area contributed by atoms with Gasteiger partial charge in [0.05, 0.1) is 12.2 Å². The minimum absolute atomic E-state index is 0.191. The summed E-state index contributed by atoms with van der Waals surface area (Å²) < 4.78 is 0. The summed E-state index contributed by atoms with van der Waals surface area (Å²) in [5.41, 5.74) is 1.43. The van der Waals surface area contributed by atoms with Crippen LogP contribution in [0.15, 0.2) is 5.38 Å². The average Bonchev–Trinajstić information content (AvgIpc) is 2.67. The summed E-state index contributed by atoms with van der Waals surface area (Å²) in [6, 6.07) is 0. The zero-order chi connectivity index (χ0) is 11.6. The van der Waals surface area contributed by atoms with E-state index < -0.39 is 0 Å². The molecule has 90 valence electrons. The normalized spacial score (nSPS) is 18.9. The Bertz CT molecular complexity index is 332. The summed E-state index contributed by atoms with van der Waals surface area (Å²) in [4.78, 5) is 7.29. The molecule has 0 bridgehead atoms. The maximum atomic E-state index is 4.75. The number of piperidine rings is 1. The molecule has 2 heterocycles. The molecule has 1 aromatic rings. The highest BCUT2D eigenvalue weighted by molar-refractivity contribution is 7.09. The Hall–Kier alpha value is -0.410. The van der Waals surface area contributed by atoms with Gasteiger partial charge in [-0.15, -0.1) is 11.3 Å². The van der Waals surface area contributed by atoms with Crippen molar-refractivity contribution in [2.75, 3.05) is 13.1 Å². The Morgan fingerprint density at radius 2 is 1.94 bits per heavy atom. The first kappa shape index (κ1) is 12.1. The zero-order valence-corrected chi connectivity index (χ0v) is 11.4. The van der Waals surface area contributed by atoms with Crippen LogP contribution in [-0.4, -0.2) is 23.0 Å². The maximum Gasteiger partial charge on any atom is 0.107 e. The molecule has 1 aliphatic heterocycles. The highest BCUT2D eigenvalue weighted by atomic mass is 32.1. The van der Waals surface area contributed by atoms with Gasteiger partial charge in [0.15, 0.2) is 0 Å². The first-order valence-corrected chi connectivity index (χ1v) is 7.11. The topological polar surface area (TPSA) is 16.1 Å². The van der Waals surface area contributed by atoms with E-state index in [1.807, 2.05) is 11.3 Å². The van der Waals surface area contributed by atoms with Crippen molar-refractivity contribution in [3.63, 3.8) is 0 Å². The molecule has 0 spiro atoms. The average molecular weight is 238 g/mol. The number of hydrogen-bond donors (Lipinski definition) is 0. The van der Waals surface area contributed by atoms with Crippen LogP contribution < -0.4 is 0 Å². The van der Waals surface area contributed by atoms with Gasteiger partial charge in [-0.3, -0.25) is 4.90 Å². The third-order valence-electron chi connectivity index (χ3n) is 3.13. The second-order valence-electron chi connectivity index (χ2n) is 5.71. The van der Waals surface area contributed by atoms with E-state index in [2.05, 4.69) is 31.1 Å². The van der Waals surface area contributed by atoms with Crippen molar-refractivity contribution < 1.29 is 0 Å². The van der Waals surface area contributed by atoms with Crippen molar-refractivity contribution in [1.29, 1.82) is 0 Å². The molecule has 0 aromatic carbocycles. The first-order chi connectivity index (χ1) is 7.55. The van der Waals surface area contributed by atoms with Crippen LogP contribution in [0.5, 0.6) is 0 Å². The molecule has 0 saturated carbocycles. The van der Waals surface area contributed by atoms with Crippen LogP contribution in [0.4, 0.5) is 0 Å². The van der Waals surface area contributed by atoms with Crippen molar-refractivity contribution in [1.82, 2.24) is 9.88 Å². The molecule has 0 atom stereocenters. The fourth-order valence-electron chi connectivity index (χ4n) is 2.04. The summed E-state index contributed by atoms with van der Waals surface area (Å²) in [7, 11) is 0. The number of likely N-dealkylation sites (tertiary alicyclic amines) is 1. The lowest BCUT2D eigenvalue weighted by Gasteiger charge is -2.25. The highest BCUT2D eigenvalue weighted by Gasteiger charge is 2.18. The van der Waals surface area contributed by atoms with Crippen LogP contribution in [0.2, 0.25) is 0 Å². The van der Waals surface area contributed by atoms with Gasteiger partial charge in [0, 0.05) is 10.8 Å². The van der Waals surface area contributed by atoms with Gasteiger partial charge in [0.2, 0.25) is 0 Å². The Morgan fingerprint density at radius 3 is 2.50 bits per heavy atom. The van der Waals surface area contributed by atoms with Crippen LogP contribution >= 0.6 is 11.3 Å². The lowest BCUT2D eigenvalue weighted by Crippen LogP contribution is -2.29. The summed E-state index contributed by atoms with van der Waals surface area (Å²) in [6.45, 7) is 10.3. The summed E-state index contributed by atoms with van der Waals surface area (Å²) in [6.07, 6.45) is 4.12. The molecule has 1 fully saturated rings. The standard InChI is InChI=1S/C13H22N2S/c1-13(2,3)11-10-16-12(14-11)9-15-7-5-4-6-8-15/h10H,4-9H2,1-3H3. The zero-order valence-electron chi connectivity index (χ0n) is 10.6. The van der Waals surface area contributed by atoms with Crippen molar-refractivity contribution in [2.45, 2.75) is 52.0 Å². The number of nitrogens with zero attached hydrogens (tertiary/aromatic N) is 2. The SMILES string of the molecule is CC(C)(C)c1csc(CN2CCCCC2)n1. The molecule has 16 heavy (non-hydrogen) atoms. The quantitative estimate of drug-likeness (QED) is 0.785. The fourth-order valence-corrected chi connectivity index (χ4v) is 3.10. The van der Waals surface area contributed by atoms with Crippen LogP contribution in [-0.2, 0) is 12.0 Å². The third kappa shape index (κ3) is 3.05. The van der Waals surface area contributed by atoms with Gasteiger partial charge in [-0.05, 0) is 25.9 Å². The molecule has 0 amide bonds. The smallest absolute Gasteiger partial charge is 0.107 e. The van der Waals surface area contributed by atoms with E-state index in [4.69, 9.17) is 4.98 Å². The Morgan fingerprint density at radius 1 is 1.25 bits per heavy atom. The minimum atomic E-state index is 0.191. The molecule has 0 aliphatic carbocycles. The molecule has 0 N–H and O–H groups in total. The lowest BCUT2D eigenvalue weighted by molar-refractivity contribution is 0.220. The monoisotopic (exact) mass is 238 g/mol. The summed E-state index contributed by atoms with van der Waals surface area (Å²) in [5.74, 6) is 0. The molecule has 2 rings (SSSR count). The predicted octanol–water partition coefficient (Wildman–Crippen LogP) is 3.43. The van der Waals surface area contributed by atoms with Gasteiger partial charge in [0.1, 0.15) is 5.01 Å². The largest absolute Gasteiger partial charge is 0.297 e. The number of hydrogen-bond acceptors (Lipinski definition) is 3. The van der Waals surface area contributed by atoms with E-state index in [9.17, 15) is 0 Å². The highest BCUT2D eigenvalue weighted by Crippen LogP contribution is 2.25. The lowest BCUT2D eigenvalue weighted by atomic mass is 9.93. The molecule has 1 aromatic heterocycles. The van der Waals surface area contributed by atoms with E-state index >= 15 is 0 Å². The second kappa shape index (κ2) is 4.84. The minimum Gasteiger partial charge on any atom is -0.297 e. The van der Waals surface area contributed by atoms with Gasteiger partial charge in [-0.25, -0.2) is 4.98 Å². The summed E-state index contributed by atoms with van der Waals surface area (Å²) in [5, 5.41) is 3.51. The molecular formula is C13H22N2S. The van der Waals surface area contributed by atoms with Crippen molar-refractivity contribution in [3.05, 3.63) is 16.1 Å². The van der Waals surface area contributed by atoms with E-state index in [-0.39, 0.29) is 5.41 Å². The molecule has 0 unspecified atom stereocenters. The van der Waals surface area contributed by atoms with Crippen LogP contribution in [0.25, 0.3) is 0 Å². The molecule has 1 aliphatic rings. The Labute approximate surface area is 103 Å². The molecule has 3 heteroatoms. The maximum absolute atomic E-state index is 4.75. The third-order valence-corrected chi connectivity index (χ3v) is 3.96. The van der Waals surface area contributed by atoms with Crippen molar-refractivity contribution in [3.8, 4) is 0 Å². The summed E-state index contributed by atoms with van der Waals surface area (Å²) >= 11 is 1.82. The van der Waals surface area contributed by atoms with E-state index in [1.54, 1.807) is 0 Å². The molecular weight excluding hydrogens is 216 g/mol. The van der Waals surface area contributed by atoms with E-state index in [1.165, 1.54) is 43.1 Å². The fraction of sp³-hybridized carbons (Fsp3) is 0.769. The van der Waals surface area contributed by atoms with Crippen LogP contribution in [0.3, 0.4) is 0 Å². The van der Waals surface area contributed by atoms with Gasteiger partial charge in [-0.1, -0.05) is 27.2 Å². The molecule has 2 nitrogen and oxygen atoms in total. The molecule has 0 radical (unpaired) electrons. The predicted molar refractivity (Wildman–Crippen MR) is 69.9 cm³/mol. The van der Waals surface area contributed by atoms with Gasteiger partial charge in [0.25, 0.3) is 0 Å². The first-order valence-electron chi connectivity index (χ1n) is 6.23. The van der Waals surface area contributed by atoms with Crippen molar-refractivity contribution >= 4 is 11.3 Å². The second-order valence-corrected chi connectivity index (χ2v) is 6.66. The van der Waals surface area contributed by atoms with Gasteiger partial charge < -0.3 is 0 Å². The van der Waals surface area contributed by atoms with Crippen LogP contribution in [0.1, 0.15) is 50.7 Å². The van der Waals surface area contributed by atoms with E-state index in [0.29, 0.717) is 0 Å². The van der Waals surface area contributed by atoms with E-state index in [0.717, 1.165) is 6.54 Å². The van der Waals surface area contributed by atoms with Crippen molar-refractivity contribution in [2.24, 2.45) is 0 Å². The number of rotatable bonds is 2. The van der Waals surface area contributed by atoms with Gasteiger partial charge >= 0.3 is 0 Å². The Balaban J connectivity index is 1.97. The van der Waals surface area contributed by atoms with Gasteiger partial charge in [-0.2, -0.15) is 0 Å².